The van der Waals surface area contributed by atoms with Crippen molar-refractivity contribution in [3.8, 4) is 0 Å². The molecule has 0 aliphatic heterocycles. The van der Waals surface area contributed by atoms with Gasteiger partial charge in [0.2, 0.25) is 5.91 Å². The van der Waals surface area contributed by atoms with E-state index >= 15 is 0 Å². The molecule has 0 aromatic heterocycles. The van der Waals surface area contributed by atoms with Crippen LogP contribution in [0.5, 0.6) is 0 Å². The predicted molar refractivity (Wildman–Crippen MR) is 134 cm³/mol. The molecule has 166 valence electrons. The van der Waals surface area contributed by atoms with Crippen LogP contribution in [-0.4, -0.2) is 36.1 Å². The van der Waals surface area contributed by atoms with Crippen LogP contribution in [-0.2, 0) is 19.1 Å². The Labute approximate surface area is 201 Å². The zero-order valence-corrected chi connectivity index (χ0v) is 20.3. The van der Waals surface area contributed by atoms with Gasteiger partial charge in [-0.1, -0.05) is 107 Å². The Morgan fingerprint density at radius 3 is 1.69 bits per heavy atom. The summed E-state index contributed by atoms with van der Waals surface area (Å²) in [6.45, 7) is 0. The first-order valence-electron chi connectivity index (χ1n) is 10.4. The summed E-state index contributed by atoms with van der Waals surface area (Å²) in [4.78, 5) is 24.8. The highest BCUT2D eigenvalue weighted by Crippen LogP contribution is 2.48. The molecule has 32 heavy (non-hydrogen) atoms. The molecule has 0 unspecified atom stereocenters. The molecule has 1 N–H and O–H groups in total. The number of halogens is 1. The summed E-state index contributed by atoms with van der Waals surface area (Å²) in [6, 6.07) is 29.9. The molecule has 1 amide bonds. The number of hydrogen-bond donors (Lipinski definition) is 1. The van der Waals surface area contributed by atoms with Crippen LogP contribution in [0.15, 0.2) is 91.0 Å². The summed E-state index contributed by atoms with van der Waals surface area (Å²) >= 11 is 4.89. The smallest absolute Gasteiger partial charge is 0.329 e. The van der Waals surface area contributed by atoms with Crippen LogP contribution < -0.4 is 5.32 Å². The molecule has 0 heterocycles. The SMILES string of the molecule is COC(=O)[C@H](CSC(c1ccccc1)(c1ccccc1)c1ccccc1)NC(=O)CCBr. The van der Waals surface area contributed by atoms with Gasteiger partial charge in [-0.15, -0.1) is 11.8 Å². The zero-order chi connectivity index (χ0) is 22.8. The Hall–Kier alpha value is -2.57. The summed E-state index contributed by atoms with van der Waals surface area (Å²) in [5, 5.41) is 3.36. The van der Waals surface area contributed by atoms with E-state index in [2.05, 4.69) is 57.6 Å². The number of nitrogens with one attached hydrogen (secondary N) is 1. The number of hydrogen-bond acceptors (Lipinski definition) is 4. The van der Waals surface area contributed by atoms with E-state index in [1.807, 2.05) is 54.6 Å². The number of esters is 1. The minimum absolute atomic E-state index is 0.192. The third-order valence-corrected chi connectivity index (χ3v) is 7.19. The molecule has 3 rings (SSSR count). The highest BCUT2D eigenvalue weighted by atomic mass is 79.9. The van der Waals surface area contributed by atoms with Crippen molar-refractivity contribution in [1.29, 1.82) is 0 Å². The fourth-order valence-corrected chi connectivity index (χ4v) is 5.54. The Balaban J connectivity index is 2.08. The van der Waals surface area contributed by atoms with Crippen molar-refractivity contribution in [2.24, 2.45) is 0 Å². The monoisotopic (exact) mass is 511 g/mol. The van der Waals surface area contributed by atoms with Gasteiger partial charge in [0.15, 0.2) is 0 Å². The molecule has 3 aromatic carbocycles. The van der Waals surface area contributed by atoms with Crippen LogP contribution in [0.1, 0.15) is 23.1 Å². The number of methoxy groups -OCH3 is 1. The number of thioether (sulfide) groups is 1. The summed E-state index contributed by atoms with van der Waals surface area (Å²) in [7, 11) is 1.34. The van der Waals surface area contributed by atoms with E-state index in [1.54, 1.807) is 11.8 Å². The lowest BCUT2D eigenvalue weighted by atomic mass is 9.84. The van der Waals surface area contributed by atoms with Gasteiger partial charge in [-0.25, -0.2) is 4.79 Å². The van der Waals surface area contributed by atoms with Crippen LogP contribution in [0.2, 0.25) is 0 Å². The van der Waals surface area contributed by atoms with Crippen LogP contribution in [0.25, 0.3) is 0 Å². The van der Waals surface area contributed by atoms with Gasteiger partial charge in [0.1, 0.15) is 6.04 Å². The van der Waals surface area contributed by atoms with E-state index < -0.39 is 16.8 Å². The molecular formula is C26H26BrNO3S. The molecule has 0 fully saturated rings. The molecule has 1 atom stereocenters. The van der Waals surface area contributed by atoms with Crippen molar-refractivity contribution < 1.29 is 14.3 Å². The Morgan fingerprint density at radius 1 is 0.875 bits per heavy atom. The molecule has 0 radical (unpaired) electrons. The van der Waals surface area contributed by atoms with E-state index in [0.29, 0.717) is 17.5 Å². The van der Waals surface area contributed by atoms with Crippen molar-refractivity contribution in [1.82, 2.24) is 5.32 Å². The largest absolute Gasteiger partial charge is 0.467 e. The standard InChI is InChI=1S/C26H26BrNO3S/c1-31-25(30)23(28-24(29)17-18-27)19-32-26(20-11-5-2-6-12-20,21-13-7-3-8-14-21)22-15-9-4-10-16-22/h2-16,23H,17-19H2,1H3,(H,28,29)/t23-/m0/s1. The van der Waals surface area contributed by atoms with Crippen molar-refractivity contribution in [2.75, 3.05) is 18.2 Å². The fourth-order valence-electron chi connectivity index (χ4n) is 3.64. The number of carbonyl (C=O) groups excluding carboxylic acids is 2. The highest BCUT2D eigenvalue weighted by Gasteiger charge is 2.38. The van der Waals surface area contributed by atoms with E-state index in [4.69, 9.17) is 4.74 Å². The van der Waals surface area contributed by atoms with Gasteiger partial charge in [0.25, 0.3) is 0 Å². The van der Waals surface area contributed by atoms with Gasteiger partial charge in [-0.05, 0) is 16.7 Å². The number of amides is 1. The van der Waals surface area contributed by atoms with Crippen LogP contribution >= 0.6 is 27.7 Å². The van der Waals surface area contributed by atoms with Gasteiger partial charge < -0.3 is 10.1 Å². The first-order valence-corrected chi connectivity index (χ1v) is 12.5. The lowest BCUT2D eigenvalue weighted by molar-refractivity contribution is -0.144. The van der Waals surface area contributed by atoms with Gasteiger partial charge in [0.05, 0.1) is 11.9 Å². The summed E-state index contributed by atoms with van der Waals surface area (Å²) in [5.74, 6) is -0.301. The van der Waals surface area contributed by atoms with Crippen molar-refractivity contribution >= 4 is 39.6 Å². The Kier molecular flexibility index (Phi) is 8.94. The highest BCUT2D eigenvalue weighted by molar-refractivity contribution is 9.09. The number of ether oxygens (including phenoxy) is 1. The maximum absolute atomic E-state index is 12.5. The van der Waals surface area contributed by atoms with E-state index in [9.17, 15) is 9.59 Å². The van der Waals surface area contributed by atoms with Gasteiger partial charge in [0, 0.05) is 17.5 Å². The topological polar surface area (TPSA) is 55.4 Å². The fraction of sp³-hybridized carbons (Fsp3) is 0.231. The first-order chi connectivity index (χ1) is 15.6. The third kappa shape index (κ3) is 5.61. The molecule has 0 aliphatic rings. The van der Waals surface area contributed by atoms with Crippen LogP contribution in [0.4, 0.5) is 0 Å². The maximum Gasteiger partial charge on any atom is 0.329 e. The number of alkyl halides is 1. The molecule has 4 nitrogen and oxygen atoms in total. The molecule has 0 bridgehead atoms. The van der Waals surface area contributed by atoms with Crippen LogP contribution in [0.3, 0.4) is 0 Å². The van der Waals surface area contributed by atoms with Gasteiger partial charge in [-0.3, -0.25) is 4.79 Å². The zero-order valence-electron chi connectivity index (χ0n) is 17.9. The van der Waals surface area contributed by atoms with E-state index in [1.165, 1.54) is 7.11 Å². The minimum atomic E-state index is -0.757. The molecule has 0 aliphatic carbocycles. The normalized spacial score (nSPS) is 12.1. The number of carbonyl (C=O) groups is 2. The molecule has 0 saturated heterocycles. The second-order valence-electron chi connectivity index (χ2n) is 7.17. The molecule has 3 aromatic rings. The average molecular weight is 512 g/mol. The van der Waals surface area contributed by atoms with E-state index in [0.717, 1.165) is 16.7 Å². The average Bonchev–Trinajstić information content (AvgIpc) is 2.85. The summed E-state index contributed by atoms with van der Waals surface area (Å²) < 4.78 is 4.42. The molecule has 0 saturated carbocycles. The Morgan fingerprint density at radius 2 is 1.31 bits per heavy atom. The first kappa shape index (κ1) is 24.1. The van der Waals surface area contributed by atoms with Crippen LogP contribution in [0, 0.1) is 0 Å². The van der Waals surface area contributed by atoms with Crippen molar-refractivity contribution in [3.05, 3.63) is 108 Å². The summed E-state index contributed by atoms with van der Waals surface area (Å²) in [5.41, 5.74) is 3.29. The molecular weight excluding hydrogens is 486 g/mol. The lowest BCUT2D eigenvalue weighted by Gasteiger charge is -2.36. The van der Waals surface area contributed by atoms with E-state index in [-0.39, 0.29) is 5.91 Å². The lowest BCUT2D eigenvalue weighted by Crippen LogP contribution is -2.44. The third-order valence-electron chi connectivity index (χ3n) is 5.15. The second-order valence-corrected chi connectivity index (χ2v) is 9.20. The maximum atomic E-state index is 12.5. The molecule has 6 heteroatoms. The number of benzene rings is 3. The summed E-state index contributed by atoms with van der Waals surface area (Å²) in [6.07, 6.45) is 0.291. The predicted octanol–water partition coefficient (Wildman–Crippen LogP) is 5.15. The Bertz CT molecular complexity index is 903. The van der Waals surface area contributed by atoms with Gasteiger partial charge in [-0.2, -0.15) is 0 Å². The van der Waals surface area contributed by atoms with Crippen molar-refractivity contribution in [2.45, 2.75) is 17.2 Å². The minimum Gasteiger partial charge on any atom is -0.467 e. The second kappa shape index (κ2) is 11.9. The number of rotatable bonds is 10. The van der Waals surface area contributed by atoms with Gasteiger partial charge >= 0.3 is 5.97 Å². The molecule has 0 spiro atoms. The quantitative estimate of drug-likeness (QED) is 0.232. The van der Waals surface area contributed by atoms with Crippen molar-refractivity contribution in [3.63, 3.8) is 0 Å².